The number of hydrogen-bond donors (Lipinski definition) is 3. The molecule has 0 radical (unpaired) electrons. The fourth-order valence-electron chi connectivity index (χ4n) is 4.45. The van der Waals surface area contributed by atoms with E-state index in [1.54, 1.807) is 27.2 Å². The van der Waals surface area contributed by atoms with Crippen molar-refractivity contribution in [2.45, 2.75) is 65.5 Å². The van der Waals surface area contributed by atoms with Crippen molar-refractivity contribution >= 4 is 22.7 Å². The van der Waals surface area contributed by atoms with Gasteiger partial charge >= 0.3 is 0 Å². The molecule has 1 saturated heterocycles. The van der Waals surface area contributed by atoms with Crippen LogP contribution in [0.3, 0.4) is 0 Å². The van der Waals surface area contributed by atoms with Crippen molar-refractivity contribution in [1.82, 2.24) is 20.2 Å². The Kier molecular flexibility index (Phi) is 13.0. The van der Waals surface area contributed by atoms with Gasteiger partial charge in [0.2, 0.25) is 11.8 Å². The Morgan fingerprint density at radius 2 is 2.00 bits per heavy atom. The number of fused-ring (bicyclic) bond motifs is 1. The lowest BCUT2D eigenvalue weighted by Crippen LogP contribution is -2.39. The van der Waals surface area contributed by atoms with Crippen LogP contribution in [0, 0.1) is 0 Å². The zero-order chi connectivity index (χ0) is 28.9. The number of amides is 1. The van der Waals surface area contributed by atoms with Crippen LogP contribution in [0.4, 0.5) is 0 Å². The molecule has 3 rings (SSSR count). The van der Waals surface area contributed by atoms with E-state index in [1.165, 1.54) is 5.56 Å². The van der Waals surface area contributed by atoms with Crippen molar-refractivity contribution in [2.75, 3.05) is 40.5 Å². The first-order valence-electron chi connectivity index (χ1n) is 13.6. The minimum atomic E-state index is -0.408. The molecule has 2 aromatic rings. The molecule has 2 aromatic heterocycles. The summed E-state index contributed by atoms with van der Waals surface area (Å²) in [5.41, 5.74) is 3.20. The predicted molar refractivity (Wildman–Crippen MR) is 155 cm³/mol. The fraction of sp³-hybridized carbons (Fsp3) is 0.552. The molecule has 3 heterocycles. The van der Waals surface area contributed by atoms with Crippen molar-refractivity contribution in [3.8, 4) is 5.88 Å². The predicted octanol–water partition coefficient (Wildman–Crippen LogP) is 4.14. The van der Waals surface area contributed by atoms with Gasteiger partial charge in [-0.3, -0.25) is 4.79 Å². The number of pyridine rings is 1. The number of allylic oxidation sites excluding steroid dienone is 1. The van der Waals surface area contributed by atoms with Gasteiger partial charge in [-0.2, -0.15) is 4.98 Å². The Morgan fingerprint density at radius 1 is 1.31 bits per heavy atom. The van der Waals surface area contributed by atoms with Crippen molar-refractivity contribution < 1.29 is 24.1 Å². The Bertz CT molecular complexity index is 1130. The summed E-state index contributed by atoms with van der Waals surface area (Å²) in [5, 5.41) is 13.2. The second kappa shape index (κ2) is 15.9. The summed E-state index contributed by atoms with van der Waals surface area (Å²) in [4.78, 5) is 27.3. The van der Waals surface area contributed by atoms with Crippen LogP contribution in [0.2, 0.25) is 0 Å². The van der Waals surface area contributed by atoms with Crippen LogP contribution < -0.4 is 10.1 Å². The quantitative estimate of drug-likeness (QED) is 0.272. The lowest BCUT2D eigenvalue weighted by Gasteiger charge is -2.34. The molecule has 1 aliphatic rings. The minimum absolute atomic E-state index is 0.124. The van der Waals surface area contributed by atoms with Gasteiger partial charge in [-0.1, -0.05) is 13.8 Å². The number of nitrogens with zero attached hydrogens (tertiary/aromatic N) is 3. The molecule has 39 heavy (non-hydrogen) atoms. The number of H-pyrrole nitrogens is 1. The van der Waals surface area contributed by atoms with Gasteiger partial charge < -0.3 is 34.5 Å². The second-order valence-corrected chi connectivity index (χ2v) is 9.37. The topological polar surface area (TPSA) is 121 Å². The number of hydrogen-bond acceptors (Lipinski definition) is 8. The molecule has 0 bridgehead atoms. The average molecular weight is 544 g/mol. The highest BCUT2D eigenvalue weighted by Gasteiger charge is 2.24. The van der Waals surface area contributed by atoms with Gasteiger partial charge in [0.1, 0.15) is 17.5 Å². The van der Waals surface area contributed by atoms with Gasteiger partial charge in [-0.05, 0) is 63.8 Å². The third kappa shape index (κ3) is 9.11. The minimum Gasteiger partial charge on any atom is -0.481 e. The van der Waals surface area contributed by atoms with Crippen LogP contribution in [0.25, 0.3) is 11.0 Å². The third-order valence-corrected chi connectivity index (χ3v) is 6.40. The van der Waals surface area contributed by atoms with E-state index < -0.39 is 11.9 Å². The van der Waals surface area contributed by atoms with Gasteiger partial charge in [-0.15, -0.1) is 0 Å². The molecule has 1 unspecified atom stereocenters. The Hall–Kier alpha value is -3.37. The summed E-state index contributed by atoms with van der Waals surface area (Å²) >= 11 is 0. The summed E-state index contributed by atoms with van der Waals surface area (Å²) in [7, 11) is 3.20. The van der Waals surface area contributed by atoms with Gasteiger partial charge in [0, 0.05) is 49.6 Å². The van der Waals surface area contributed by atoms with E-state index in [0.29, 0.717) is 18.4 Å². The number of piperidine rings is 1. The number of carbonyl (C=O) groups is 1. The van der Waals surface area contributed by atoms with E-state index >= 15 is 0 Å². The standard InChI is InChI=1S/C27H39N5O5.C2H6/c1-17(15-33)29-27(34)24(30-20(4)37-19(3)16-35-5)13-18(2)32-11-9-21(10-12-32)23-14-28-26-22(23)7-8-25(31-26)36-6;1-2/h7-8,13-14,17,19,21,33H,4,9-12,15-16H2,1-3,5-6H3,(H,28,31)(H,29,34);1-2H3/b18-13+,30-24+;/t17-,19?;/m1./s1. The SMILES string of the molecule is C=C(/N=C(\C=C(/C)N1CCC(c2c[nH]c3nc(OC)ccc23)CC1)C(=O)N[C@H](C)CO)OC(C)COC.CC. The molecule has 1 fully saturated rings. The Labute approximate surface area is 232 Å². The molecule has 0 saturated carbocycles. The van der Waals surface area contributed by atoms with E-state index in [2.05, 4.69) is 37.8 Å². The molecular formula is C29H45N5O5. The van der Waals surface area contributed by atoms with Crippen molar-refractivity contribution in [3.05, 3.63) is 48.1 Å². The number of nitrogens with one attached hydrogen (secondary N) is 2. The number of ether oxygens (including phenoxy) is 3. The third-order valence-electron chi connectivity index (χ3n) is 6.40. The smallest absolute Gasteiger partial charge is 0.270 e. The monoisotopic (exact) mass is 543 g/mol. The number of aliphatic hydroxyl groups excluding tert-OH is 1. The number of likely N-dealkylation sites (tertiary alicyclic amines) is 1. The molecule has 3 N–H and O–H groups in total. The molecule has 0 aliphatic carbocycles. The van der Waals surface area contributed by atoms with Gasteiger partial charge in [0.15, 0.2) is 0 Å². The lowest BCUT2D eigenvalue weighted by atomic mass is 9.89. The van der Waals surface area contributed by atoms with Crippen molar-refractivity contribution in [2.24, 2.45) is 4.99 Å². The molecule has 1 aliphatic heterocycles. The Morgan fingerprint density at radius 3 is 2.62 bits per heavy atom. The number of aromatic nitrogens is 2. The van der Waals surface area contributed by atoms with Crippen LogP contribution in [-0.4, -0.2) is 84.3 Å². The van der Waals surface area contributed by atoms with Crippen LogP contribution in [-0.2, 0) is 14.3 Å². The maximum Gasteiger partial charge on any atom is 0.270 e. The number of aromatic amines is 1. The van der Waals surface area contributed by atoms with E-state index in [-0.39, 0.29) is 24.3 Å². The molecule has 0 aromatic carbocycles. The lowest BCUT2D eigenvalue weighted by molar-refractivity contribution is -0.115. The van der Waals surface area contributed by atoms with E-state index in [4.69, 9.17) is 14.2 Å². The molecular weight excluding hydrogens is 498 g/mol. The molecule has 10 heteroatoms. The zero-order valence-electron chi connectivity index (χ0n) is 24.4. The van der Waals surface area contributed by atoms with Gasteiger partial charge in [0.05, 0.1) is 20.3 Å². The first-order chi connectivity index (χ1) is 18.7. The summed E-state index contributed by atoms with van der Waals surface area (Å²) < 4.78 is 16.0. The summed E-state index contributed by atoms with van der Waals surface area (Å²) in [6.07, 6.45) is 5.47. The van der Waals surface area contributed by atoms with Gasteiger partial charge in [0.25, 0.3) is 5.91 Å². The number of aliphatic hydroxyl groups is 1. The van der Waals surface area contributed by atoms with E-state index in [1.807, 2.05) is 40.0 Å². The van der Waals surface area contributed by atoms with Crippen LogP contribution in [0.15, 0.2) is 47.6 Å². The van der Waals surface area contributed by atoms with Crippen LogP contribution in [0.5, 0.6) is 5.88 Å². The summed E-state index contributed by atoms with van der Waals surface area (Å²) in [6.45, 7) is 15.3. The number of methoxy groups -OCH3 is 2. The molecule has 0 spiro atoms. The zero-order valence-corrected chi connectivity index (χ0v) is 24.4. The van der Waals surface area contributed by atoms with E-state index in [9.17, 15) is 9.90 Å². The normalized spacial score (nSPS) is 16.3. The molecule has 10 nitrogen and oxygen atoms in total. The Balaban J connectivity index is 0.00000260. The van der Waals surface area contributed by atoms with Gasteiger partial charge in [-0.25, -0.2) is 4.99 Å². The largest absolute Gasteiger partial charge is 0.481 e. The number of rotatable bonds is 12. The summed E-state index contributed by atoms with van der Waals surface area (Å²) in [6, 6.07) is 3.54. The first-order valence-corrected chi connectivity index (χ1v) is 13.6. The fourth-order valence-corrected chi connectivity index (χ4v) is 4.45. The summed E-state index contributed by atoms with van der Waals surface area (Å²) in [5.74, 6) is 0.721. The maximum atomic E-state index is 12.9. The molecule has 2 atom stereocenters. The second-order valence-electron chi connectivity index (χ2n) is 9.37. The first kappa shape index (κ1) is 31.8. The van der Waals surface area contributed by atoms with Crippen molar-refractivity contribution in [1.29, 1.82) is 0 Å². The molecule has 216 valence electrons. The highest BCUT2D eigenvalue weighted by atomic mass is 16.5. The maximum absolute atomic E-state index is 12.9. The van der Waals surface area contributed by atoms with Crippen LogP contribution >= 0.6 is 0 Å². The number of aliphatic imine (C=N–C) groups is 1. The average Bonchev–Trinajstić information content (AvgIpc) is 3.37. The van der Waals surface area contributed by atoms with Crippen LogP contribution in [0.1, 0.15) is 58.9 Å². The van der Waals surface area contributed by atoms with Crippen molar-refractivity contribution in [3.63, 3.8) is 0 Å². The number of carbonyl (C=O) groups excluding carboxylic acids is 1. The van der Waals surface area contributed by atoms with E-state index in [0.717, 1.165) is 42.7 Å². The molecule has 1 amide bonds. The highest BCUT2D eigenvalue weighted by Crippen LogP contribution is 2.34. The highest BCUT2D eigenvalue weighted by molar-refractivity contribution is 6.43.